The van der Waals surface area contributed by atoms with E-state index in [9.17, 15) is 5.11 Å². The molecular formula is C16H25NO3. The minimum Gasteiger partial charge on any atom is -0.491 e. The van der Waals surface area contributed by atoms with Gasteiger partial charge in [-0.3, -0.25) is 4.90 Å². The fourth-order valence-corrected chi connectivity index (χ4v) is 2.44. The van der Waals surface area contributed by atoms with Gasteiger partial charge in [0.05, 0.1) is 12.7 Å². The molecule has 112 valence electrons. The predicted molar refractivity (Wildman–Crippen MR) is 79.0 cm³/mol. The third-order valence-corrected chi connectivity index (χ3v) is 3.57. The van der Waals surface area contributed by atoms with Gasteiger partial charge in [-0.1, -0.05) is 19.1 Å². The van der Waals surface area contributed by atoms with Crippen LogP contribution in [0, 0.1) is 0 Å². The van der Waals surface area contributed by atoms with E-state index in [0.717, 1.165) is 30.9 Å². The molecule has 2 unspecified atom stereocenters. The number of hydrogen-bond acceptors (Lipinski definition) is 4. The van der Waals surface area contributed by atoms with Crippen LogP contribution in [-0.4, -0.2) is 48.5 Å². The van der Waals surface area contributed by atoms with Crippen LogP contribution in [0.4, 0.5) is 0 Å². The van der Waals surface area contributed by atoms with Crippen LogP contribution in [0.1, 0.15) is 32.4 Å². The van der Waals surface area contributed by atoms with Crippen LogP contribution < -0.4 is 4.74 Å². The van der Waals surface area contributed by atoms with Crippen LogP contribution in [0.25, 0.3) is 0 Å². The summed E-state index contributed by atoms with van der Waals surface area (Å²) in [4.78, 5) is 2.30. The van der Waals surface area contributed by atoms with E-state index in [0.29, 0.717) is 6.61 Å². The largest absolute Gasteiger partial charge is 0.491 e. The van der Waals surface area contributed by atoms with Crippen molar-refractivity contribution in [1.82, 2.24) is 4.90 Å². The fraction of sp³-hybridized carbons (Fsp3) is 0.625. The van der Waals surface area contributed by atoms with Crippen molar-refractivity contribution in [3.63, 3.8) is 0 Å². The van der Waals surface area contributed by atoms with Gasteiger partial charge in [0.1, 0.15) is 18.0 Å². The van der Waals surface area contributed by atoms with Gasteiger partial charge in [0, 0.05) is 13.1 Å². The monoisotopic (exact) mass is 279 g/mol. The lowest BCUT2D eigenvalue weighted by molar-refractivity contribution is -0.0888. The van der Waals surface area contributed by atoms with E-state index in [1.807, 2.05) is 38.1 Å². The molecule has 0 bridgehead atoms. The number of aliphatic hydroxyl groups excluding tert-OH is 1. The van der Waals surface area contributed by atoms with Crippen LogP contribution in [0.2, 0.25) is 0 Å². The molecule has 4 nitrogen and oxygen atoms in total. The summed E-state index contributed by atoms with van der Waals surface area (Å²) in [5, 5.41) is 10.4. The molecular weight excluding hydrogens is 254 g/mol. The highest BCUT2D eigenvalue weighted by atomic mass is 16.5. The zero-order valence-electron chi connectivity index (χ0n) is 12.6. The van der Waals surface area contributed by atoms with Gasteiger partial charge in [-0.2, -0.15) is 0 Å². The predicted octanol–water partition coefficient (Wildman–Crippen LogP) is 2.23. The van der Waals surface area contributed by atoms with Crippen molar-refractivity contribution in [3.8, 4) is 5.75 Å². The molecule has 0 amide bonds. The number of morpholine rings is 1. The number of nitrogens with zero attached hydrogens (tertiary/aromatic N) is 1. The Kier molecular flexibility index (Phi) is 5.40. The highest BCUT2D eigenvalue weighted by Gasteiger charge is 2.27. The zero-order valence-corrected chi connectivity index (χ0v) is 12.6. The topological polar surface area (TPSA) is 41.9 Å². The highest BCUT2D eigenvalue weighted by molar-refractivity contribution is 5.29. The van der Waals surface area contributed by atoms with Crippen LogP contribution >= 0.6 is 0 Å². The van der Waals surface area contributed by atoms with Crippen LogP contribution in [0.3, 0.4) is 0 Å². The Labute approximate surface area is 121 Å². The summed E-state index contributed by atoms with van der Waals surface area (Å²) in [5.74, 6) is 0.829. The van der Waals surface area contributed by atoms with Crippen LogP contribution in [-0.2, 0) is 4.74 Å². The number of ether oxygens (including phenoxy) is 2. The second-order valence-corrected chi connectivity index (χ2v) is 5.48. The van der Waals surface area contributed by atoms with Gasteiger partial charge in [-0.15, -0.1) is 0 Å². The number of hydrogen-bond donors (Lipinski definition) is 1. The first-order valence-electron chi connectivity index (χ1n) is 7.38. The molecule has 1 fully saturated rings. The minimum atomic E-state index is -0.586. The van der Waals surface area contributed by atoms with E-state index in [4.69, 9.17) is 9.47 Å². The molecule has 1 N–H and O–H groups in total. The number of likely N-dealkylation sites (N-methyl/N-ethyl adjacent to an activating group) is 1. The molecule has 0 spiro atoms. The molecule has 0 radical (unpaired) electrons. The highest BCUT2D eigenvalue weighted by Crippen LogP contribution is 2.24. The summed E-state index contributed by atoms with van der Waals surface area (Å²) >= 11 is 0. The standard InChI is InChI=1S/C16H25NO3/c1-4-17-9-10-19-15(11-17)16(18)13-5-7-14(8-6-13)20-12(2)3/h5-8,12,15-16,18H,4,9-11H2,1-3H3. The Hall–Kier alpha value is -1.10. The maximum absolute atomic E-state index is 10.4. The zero-order chi connectivity index (χ0) is 14.5. The smallest absolute Gasteiger partial charge is 0.119 e. The van der Waals surface area contributed by atoms with Crippen molar-refractivity contribution in [2.45, 2.75) is 39.1 Å². The first kappa shape index (κ1) is 15.3. The van der Waals surface area contributed by atoms with Crippen LogP contribution in [0.5, 0.6) is 5.75 Å². The molecule has 1 heterocycles. The lowest BCUT2D eigenvalue weighted by Gasteiger charge is -2.34. The Morgan fingerprint density at radius 2 is 2.05 bits per heavy atom. The minimum absolute atomic E-state index is 0.152. The second-order valence-electron chi connectivity index (χ2n) is 5.48. The molecule has 0 aromatic heterocycles. The van der Waals surface area contributed by atoms with E-state index in [1.54, 1.807) is 0 Å². The molecule has 1 aliphatic heterocycles. The lowest BCUT2D eigenvalue weighted by Crippen LogP contribution is -2.44. The molecule has 20 heavy (non-hydrogen) atoms. The SMILES string of the molecule is CCN1CCOC(C(O)c2ccc(OC(C)C)cc2)C1. The summed E-state index contributed by atoms with van der Waals surface area (Å²) < 4.78 is 11.3. The molecule has 1 aromatic carbocycles. The Morgan fingerprint density at radius 1 is 1.35 bits per heavy atom. The van der Waals surface area contributed by atoms with Gasteiger partial charge in [0.25, 0.3) is 0 Å². The summed E-state index contributed by atoms with van der Waals surface area (Å²) in [6.45, 7) is 9.53. The van der Waals surface area contributed by atoms with Crippen molar-refractivity contribution in [1.29, 1.82) is 0 Å². The van der Waals surface area contributed by atoms with Crippen LogP contribution in [0.15, 0.2) is 24.3 Å². The Balaban J connectivity index is 1.99. The first-order valence-corrected chi connectivity index (χ1v) is 7.38. The number of benzene rings is 1. The van der Waals surface area contributed by atoms with Gasteiger partial charge in [0.2, 0.25) is 0 Å². The van der Waals surface area contributed by atoms with Gasteiger partial charge >= 0.3 is 0 Å². The average Bonchev–Trinajstić information content (AvgIpc) is 2.47. The first-order chi connectivity index (χ1) is 9.60. The van der Waals surface area contributed by atoms with Gasteiger partial charge in [0.15, 0.2) is 0 Å². The lowest BCUT2D eigenvalue weighted by atomic mass is 10.0. The molecule has 2 atom stereocenters. The maximum Gasteiger partial charge on any atom is 0.119 e. The average molecular weight is 279 g/mol. The van der Waals surface area contributed by atoms with E-state index in [2.05, 4.69) is 11.8 Å². The molecule has 1 aromatic rings. The summed E-state index contributed by atoms with van der Waals surface area (Å²) in [5.41, 5.74) is 0.879. The normalized spacial score (nSPS) is 21.9. The quantitative estimate of drug-likeness (QED) is 0.897. The van der Waals surface area contributed by atoms with E-state index in [1.165, 1.54) is 0 Å². The van der Waals surface area contributed by atoms with Crippen molar-refractivity contribution < 1.29 is 14.6 Å². The van der Waals surface area contributed by atoms with Gasteiger partial charge in [-0.05, 0) is 38.1 Å². The number of rotatable bonds is 5. The Morgan fingerprint density at radius 3 is 2.65 bits per heavy atom. The van der Waals surface area contributed by atoms with Gasteiger partial charge in [-0.25, -0.2) is 0 Å². The summed E-state index contributed by atoms with van der Waals surface area (Å²) in [6.07, 6.45) is -0.580. The number of aliphatic hydroxyl groups is 1. The van der Waals surface area contributed by atoms with Crippen molar-refractivity contribution >= 4 is 0 Å². The van der Waals surface area contributed by atoms with E-state index < -0.39 is 6.10 Å². The molecule has 4 heteroatoms. The van der Waals surface area contributed by atoms with E-state index in [-0.39, 0.29) is 12.2 Å². The molecule has 2 rings (SSSR count). The second kappa shape index (κ2) is 7.07. The third-order valence-electron chi connectivity index (χ3n) is 3.57. The fourth-order valence-electron chi connectivity index (χ4n) is 2.44. The molecule has 0 saturated carbocycles. The maximum atomic E-state index is 10.4. The van der Waals surface area contributed by atoms with Gasteiger partial charge < -0.3 is 14.6 Å². The van der Waals surface area contributed by atoms with E-state index >= 15 is 0 Å². The third kappa shape index (κ3) is 3.95. The van der Waals surface area contributed by atoms with Crippen molar-refractivity contribution in [3.05, 3.63) is 29.8 Å². The molecule has 0 aliphatic carbocycles. The summed E-state index contributed by atoms with van der Waals surface area (Å²) in [7, 11) is 0. The van der Waals surface area contributed by atoms with Crippen molar-refractivity contribution in [2.24, 2.45) is 0 Å². The molecule has 1 aliphatic rings. The van der Waals surface area contributed by atoms with Crippen molar-refractivity contribution in [2.75, 3.05) is 26.2 Å². The molecule has 1 saturated heterocycles. The summed E-state index contributed by atoms with van der Waals surface area (Å²) in [6, 6.07) is 7.63. The Bertz CT molecular complexity index is 405.